The van der Waals surface area contributed by atoms with E-state index < -0.39 is 11.2 Å². The number of pyridine rings is 1. The standard InChI is InChI=1S/C10H15NOS/c1-7(2)10-8(3)5-9(6-11-10)13(4)12/h5-7H,1-4H3. The van der Waals surface area contributed by atoms with E-state index in [0.717, 1.165) is 16.2 Å². The summed E-state index contributed by atoms with van der Waals surface area (Å²) in [6.45, 7) is 6.23. The molecule has 2 nitrogen and oxygen atoms in total. The van der Waals surface area contributed by atoms with Crippen molar-refractivity contribution in [2.45, 2.75) is 31.6 Å². The van der Waals surface area contributed by atoms with Crippen LogP contribution in [0.25, 0.3) is 0 Å². The molecule has 0 saturated carbocycles. The topological polar surface area (TPSA) is 36.0 Å². The second-order valence-corrected chi connectivity index (χ2v) is 4.86. The van der Waals surface area contributed by atoms with Gasteiger partial charge in [-0.15, -0.1) is 0 Å². The molecule has 0 spiro atoms. The minimum atomic E-state index is -0.923. The van der Waals surface area contributed by atoms with Gasteiger partial charge in [0.1, 0.15) is 6.26 Å². The lowest BCUT2D eigenvalue weighted by Gasteiger charge is -2.10. The summed E-state index contributed by atoms with van der Waals surface area (Å²) in [6.07, 6.45) is 3.38. The second-order valence-electron chi connectivity index (χ2n) is 3.48. The van der Waals surface area contributed by atoms with Crippen LogP contribution in [0.4, 0.5) is 0 Å². The van der Waals surface area contributed by atoms with E-state index in [1.54, 1.807) is 12.5 Å². The predicted molar refractivity (Wildman–Crippen MR) is 55.4 cm³/mol. The molecule has 3 heteroatoms. The molecule has 0 aliphatic carbocycles. The number of hydrogen-bond acceptors (Lipinski definition) is 2. The van der Waals surface area contributed by atoms with Crippen molar-refractivity contribution in [3.63, 3.8) is 0 Å². The Balaban J connectivity index is 3.06. The quantitative estimate of drug-likeness (QED) is 0.682. The number of aromatic nitrogens is 1. The SMILES string of the molecule is Cc1cc([S+](C)[O-])cnc1C(C)C. The lowest BCUT2D eigenvalue weighted by atomic mass is 10.1. The molecule has 1 unspecified atom stereocenters. The molecule has 0 aliphatic heterocycles. The summed E-state index contributed by atoms with van der Waals surface area (Å²) in [5, 5.41) is 0. The Kier molecular flexibility index (Phi) is 3.33. The van der Waals surface area contributed by atoms with Crippen LogP contribution in [0.15, 0.2) is 17.2 Å². The number of rotatable bonds is 2. The average molecular weight is 197 g/mol. The van der Waals surface area contributed by atoms with E-state index in [1.165, 1.54) is 0 Å². The van der Waals surface area contributed by atoms with Crippen molar-refractivity contribution < 1.29 is 4.55 Å². The first kappa shape index (κ1) is 10.5. The molecule has 0 bridgehead atoms. The van der Waals surface area contributed by atoms with Crippen molar-refractivity contribution >= 4 is 11.2 Å². The predicted octanol–water partition coefficient (Wildman–Crippen LogP) is 2.25. The van der Waals surface area contributed by atoms with E-state index in [0.29, 0.717) is 5.92 Å². The maximum atomic E-state index is 11.1. The Morgan fingerprint density at radius 2 is 2.08 bits per heavy atom. The third kappa shape index (κ3) is 2.45. The zero-order valence-electron chi connectivity index (χ0n) is 8.50. The van der Waals surface area contributed by atoms with Gasteiger partial charge in [-0.05, 0) is 35.6 Å². The van der Waals surface area contributed by atoms with Crippen molar-refractivity contribution in [2.75, 3.05) is 6.26 Å². The van der Waals surface area contributed by atoms with Gasteiger partial charge in [0, 0.05) is 5.69 Å². The molecule has 0 amide bonds. The molecular formula is C10H15NOS. The van der Waals surface area contributed by atoms with Gasteiger partial charge in [-0.1, -0.05) is 13.8 Å². The van der Waals surface area contributed by atoms with Gasteiger partial charge in [-0.2, -0.15) is 0 Å². The van der Waals surface area contributed by atoms with Gasteiger partial charge in [0.2, 0.25) is 0 Å². The van der Waals surface area contributed by atoms with Crippen LogP contribution in [0, 0.1) is 6.92 Å². The maximum absolute atomic E-state index is 11.1. The van der Waals surface area contributed by atoms with Crippen LogP contribution in [0.5, 0.6) is 0 Å². The molecule has 0 N–H and O–H groups in total. The molecule has 1 rings (SSSR count). The highest BCUT2D eigenvalue weighted by atomic mass is 32.2. The van der Waals surface area contributed by atoms with Crippen molar-refractivity contribution in [1.29, 1.82) is 0 Å². The minimum Gasteiger partial charge on any atom is -0.612 e. The molecule has 1 heterocycles. The van der Waals surface area contributed by atoms with Gasteiger partial charge in [0.25, 0.3) is 0 Å². The van der Waals surface area contributed by atoms with Crippen LogP contribution in [0.2, 0.25) is 0 Å². The van der Waals surface area contributed by atoms with E-state index in [9.17, 15) is 4.55 Å². The van der Waals surface area contributed by atoms with Crippen molar-refractivity contribution in [2.24, 2.45) is 0 Å². The summed E-state index contributed by atoms with van der Waals surface area (Å²) in [6, 6.07) is 1.96. The van der Waals surface area contributed by atoms with E-state index in [-0.39, 0.29) is 0 Å². The highest BCUT2D eigenvalue weighted by molar-refractivity contribution is 7.90. The highest BCUT2D eigenvalue weighted by Crippen LogP contribution is 2.18. The lowest BCUT2D eigenvalue weighted by Crippen LogP contribution is -2.02. The lowest BCUT2D eigenvalue weighted by molar-refractivity contribution is 0.600. The van der Waals surface area contributed by atoms with Crippen molar-refractivity contribution in [3.8, 4) is 0 Å². The van der Waals surface area contributed by atoms with E-state index >= 15 is 0 Å². The fourth-order valence-corrected chi connectivity index (χ4v) is 1.87. The summed E-state index contributed by atoms with van der Waals surface area (Å²) >= 11 is -0.923. The minimum absolute atomic E-state index is 0.430. The molecular weight excluding hydrogens is 182 g/mol. The Labute approximate surface area is 82.6 Å². The van der Waals surface area contributed by atoms with Crippen LogP contribution in [-0.2, 0) is 11.2 Å². The van der Waals surface area contributed by atoms with Crippen LogP contribution in [-0.4, -0.2) is 15.8 Å². The third-order valence-corrected chi connectivity index (χ3v) is 2.86. The van der Waals surface area contributed by atoms with Crippen LogP contribution in [0.1, 0.15) is 31.0 Å². The number of hydrogen-bond donors (Lipinski definition) is 0. The molecule has 0 aliphatic rings. The first-order valence-electron chi connectivity index (χ1n) is 4.32. The molecule has 13 heavy (non-hydrogen) atoms. The smallest absolute Gasteiger partial charge is 0.170 e. The van der Waals surface area contributed by atoms with Gasteiger partial charge in [-0.3, -0.25) is 4.98 Å². The van der Waals surface area contributed by atoms with E-state index in [4.69, 9.17) is 0 Å². The Hall–Kier alpha value is -0.540. The molecule has 1 atom stereocenters. The second kappa shape index (κ2) is 4.11. The van der Waals surface area contributed by atoms with Crippen LogP contribution in [0.3, 0.4) is 0 Å². The summed E-state index contributed by atoms with van der Waals surface area (Å²) in [5.74, 6) is 0.430. The number of aryl methyl sites for hydroxylation is 1. The monoisotopic (exact) mass is 197 g/mol. The summed E-state index contributed by atoms with van der Waals surface area (Å²) in [4.78, 5) is 5.11. The molecule has 0 radical (unpaired) electrons. The van der Waals surface area contributed by atoms with Gasteiger partial charge < -0.3 is 4.55 Å². The highest BCUT2D eigenvalue weighted by Gasteiger charge is 2.10. The summed E-state index contributed by atoms with van der Waals surface area (Å²) in [5.41, 5.74) is 2.22. The van der Waals surface area contributed by atoms with E-state index in [1.807, 2.05) is 13.0 Å². The molecule has 1 aromatic rings. The Morgan fingerprint density at radius 3 is 2.46 bits per heavy atom. The normalized spacial score (nSPS) is 13.4. The molecule has 0 saturated heterocycles. The fourth-order valence-electron chi connectivity index (χ4n) is 1.32. The average Bonchev–Trinajstić information content (AvgIpc) is 2.03. The van der Waals surface area contributed by atoms with Gasteiger partial charge in [0.05, 0.1) is 6.20 Å². The largest absolute Gasteiger partial charge is 0.612 e. The van der Waals surface area contributed by atoms with Crippen LogP contribution >= 0.6 is 0 Å². The van der Waals surface area contributed by atoms with Gasteiger partial charge in [0.15, 0.2) is 4.90 Å². The molecule has 72 valence electrons. The summed E-state index contributed by atoms with van der Waals surface area (Å²) in [7, 11) is 0. The molecule has 0 fully saturated rings. The van der Waals surface area contributed by atoms with Gasteiger partial charge in [-0.25, -0.2) is 0 Å². The Morgan fingerprint density at radius 1 is 1.46 bits per heavy atom. The van der Waals surface area contributed by atoms with Crippen molar-refractivity contribution in [3.05, 3.63) is 23.5 Å². The number of nitrogens with zero attached hydrogens (tertiary/aromatic N) is 1. The third-order valence-electron chi connectivity index (χ3n) is 1.97. The van der Waals surface area contributed by atoms with Crippen molar-refractivity contribution in [1.82, 2.24) is 4.98 Å². The molecule has 0 aromatic carbocycles. The first-order valence-corrected chi connectivity index (χ1v) is 5.88. The maximum Gasteiger partial charge on any atom is 0.170 e. The van der Waals surface area contributed by atoms with E-state index in [2.05, 4.69) is 18.8 Å². The first-order chi connectivity index (χ1) is 6.02. The fraction of sp³-hybridized carbons (Fsp3) is 0.500. The van der Waals surface area contributed by atoms with Gasteiger partial charge >= 0.3 is 0 Å². The molecule has 1 aromatic heterocycles. The Bertz CT molecular complexity index is 297. The van der Waals surface area contributed by atoms with Crippen LogP contribution < -0.4 is 0 Å². The summed E-state index contributed by atoms with van der Waals surface area (Å²) < 4.78 is 11.1. The zero-order chi connectivity index (χ0) is 10.0. The zero-order valence-corrected chi connectivity index (χ0v) is 9.31.